The summed E-state index contributed by atoms with van der Waals surface area (Å²) in [6, 6.07) is 17.5. The van der Waals surface area contributed by atoms with Crippen molar-refractivity contribution in [3.8, 4) is 0 Å². The summed E-state index contributed by atoms with van der Waals surface area (Å²) in [6.45, 7) is 6.67. The molecule has 1 aliphatic carbocycles. The van der Waals surface area contributed by atoms with Gasteiger partial charge in [-0.2, -0.15) is 11.8 Å². The Morgan fingerprint density at radius 1 is 1.10 bits per heavy atom. The van der Waals surface area contributed by atoms with Crippen LogP contribution >= 0.6 is 11.8 Å². The standard InChI is InChI=1S/C24H31N3OS/c1-19-4-2-5-20(14-19)17-27(23-8-9-23)18-24(28)25-22-7-3-6-21(15-22)16-26-10-12-29-13-11-26/h2-7,14-15,23H,8-13,16-18H2,1H3,(H,25,28). The maximum Gasteiger partial charge on any atom is 0.238 e. The molecule has 2 aliphatic rings. The summed E-state index contributed by atoms with van der Waals surface area (Å²) in [5.41, 5.74) is 4.73. The van der Waals surface area contributed by atoms with Crippen LogP contribution in [0.15, 0.2) is 48.5 Å². The summed E-state index contributed by atoms with van der Waals surface area (Å²) < 4.78 is 0. The number of thioether (sulfide) groups is 1. The van der Waals surface area contributed by atoms with Crippen molar-refractivity contribution in [3.05, 3.63) is 65.2 Å². The molecule has 2 aromatic carbocycles. The molecule has 1 aliphatic heterocycles. The lowest BCUT2D eigenvalue weighted by Gasteiger charge is -2.26. The van der Waals surface area contributed by atoms with Crippen LogP contribution in [0.2, 0.25) is 0 Å². The third kappa shape index (κ3) is 6.33. The van der Waals surface area contributed by atoms with Gasteiger partial charge in [0.05, 0.1) is 6.54 Å². The zero-order valence-corrected chi connectivity index (χ0v) is 18.1. The molecule has 0 spiro atoms. The zero-order chi connectivity index (χ0) is 20.1. The molecule has 2 aromatic rings. The van der Waals surface area contributed by atoms with Gasteiger partial charge in [-0.05, 0) is 43.0 Å². The maximum absolute atomic E-state index is 12.7. The van der Waals surface area contributed by atoms with E-state index in [1.54, 1.807) is 0 Å². The van der Waals surface area contributed by atoms with Crippen LogP contribution in [-0.4, -0.2) is 52.9 Å². The van der Waals surface area contributed by atoms with Crippen molar-refractivity contribution >= 4 is 23.4 Å². The Labute approximate surface area is 178 Å². The van der Waals surface area contributed by atoms with E-state index in [1.165, 1.54) is 41.0 Å². The number of nitrogens with one attached hydrogen (secondary N) is 1. The molecule has 1 N–H and O–H groups in total. The lowest BCUT2D eigenvalue weighted by molar-refractivity contribution is -0.117. The molecule has 5 heteroatoms. The number of carbonyl (C=O) groups excluding carboxylic acids is 1. The van der Waals surface area contributed by atoms with Gasteiger partial charge in [-0.3, -0.25) is 14.6 Å². The molecule has 0 radical (unpaired) electrons. The van der Waals surface area contributed by atoms with E-state index in [1.807, 2.05) is 17.8 Å². The third-order valence-corrected chi connectivity index (χ3v) is 6.54. The molecule has 154 valence electrons. The van der Waals surface area contributed by atoms with Gasteiger partial charge < -0.3 is 5.32 Å². The second kappa shape index (κ2) is 9.79. The van der Waals surface area contributed by atoms with Crippen LogP contribution in [0.1, 0.15) is 29.5 Å². The molecule has 4 nitrogen and oxygen atoms in total. The van der Waals surface area contributed by atoms with E-state index in [-0.39, 0.29) is 5.91 Å². The fraction of sp³-hybridized carbons (Fsp3) is 0.458. The summed E-state index contributed by atoms with van der Waals surface area (Å²) in [4.78, 5) is 17.6. The minimum atomic E-state index is 0.0797. The van der Waals surface area contributed by atoms with Gasteiger partial charge in [-0.25, -0.2) is 0 Å². The Morgan fingerprint density at radius 2 is 1.86 bits per heavy atom. The Bertz CT molecular complexity index is 830. The highest BCUT2D eigenvalue weighted by molar-refractivity contribution is 7.99. The van der Waals surface area contributed by atoms with Crippen molar-refractivity contribution in [3.63, 3.8) is 0 Å². The van der Waals surface area contributed by atoms with Crippen molar-refractivity contribution in [1.82, 2.24) is 9.80 Å². The molecule has 0 unspecified atom stereocenters. The number of hydrogen-bond donors (Lipinski definition) is 1. The van der Waals surface area contributed by atoms with Crippen LogP contribution < -0.4 is 5.32 Å². The van der Waals surface area contributed by atoms with Gasteiger partial charge in [0.1, 0.15) is 0 Å². The van der Waals surface area contributed by atoms with Gasteiger partial charge >= 0.3 is 0 Å². The van der Waals surface area contributed by atoms with Gasteiger partial charge in [0.25, 0.3) is 0 Å². The quantitative estimate of drug-likeness (QED) is 0.711. The minimum Gasteiger partial charge on any atom is -0.325 e. The highest BCUT2D eigenvalue weighted by atomic mass is 32.2. The number of amides is 1. The average molecular weight is 410 g/mol. The monoisotopic (exact) mass is 409 g/mol. The molecule has 0 bridgehead atoms. The van der Waals surface area contributed by atoms with Gasteiger partial charge in [0.15, 0.2) is 0 Å². The number of hydrogen-bond acceptors (Lipinski definition) is 4. The highest BCUT2D eigenvalue weighted by Gasteiger charge is 2.30. The largest absolute Gasteiger partial charge is 0.325 e. The molecule has 0 atom stereocenters. The van der Waals surface area contributed by atoms with Gasteiger partial charge in [0, 0.05) is 49.4 Å². The zero-order valence-electron chi connectivity index (χ0n) is 17.3. The van der Waals surface area contributed by atoms with Crippen molar-refractivity contribution in [2.75, 3.05) is 36.5 Å². The summed E-state index contributed by atoms with van der Waals surface area (Å²) >= 11 is 2.03. The fourth-order valence-electron chi connectivity index (χ4n) is 3.95. The maximum atomic E-state index is 12.7. The highest BCUT2D eigenvalue weighted by Crippen LogP contribution is 2.28. The lowest BCUT2D eigenvalue weighted by Crippen LogP contribution is -2.34. The van der Waals surface area contributed by atoms with Crippen molar-refractivity contribution in [2.24, 2.45) is 0 Å². The van der Waals surface area contributed by atoms with E-state index in [9.17, 15) is 4.79 Å². The van der Waals surface area contributed by atoms with Crippen LogP contribution in [0.25, 0.3) is 0 Å². The van der Waals surface area contributed by atoms with E-state index >= 15 is 0 Å². The Balaban J connectivity index is 1.33. The molecular formula is C24H31N3OS. The molecule has 2 fully saturated rings. The summed E-state index contributed by atoms with van der Waals surface area (Å²) in [7, 11) is 0. The number of rotatable bonds is 8. The normalized spacial score (nSPS) is 17.4. The number of aryl methyl sites for hydroxylation is 1. The predicted octanol–water partition coefficient (Wildman–Crippen LogP) is 4.15. The summed E-state index contributed by atoms with van der Waals surface area (Å²) in [5.74, 6) is 2.51. The lowest BCUT2D eigenvalue weighted by atomic mass is 10.1. The van der Waals surface area contributed by atoms with Crippen LogP contribution in [0.3, 0.4) is 0 Å². The van der Waals surface area contributed by atoms with Crippen molar-refractivity contribution in [2.45, 2.75) is 38.9 Å². The second-order valence-corrected chi connectivity index (χ2v) is 9.49. The Hall–Kier alpha value is -1.82. The van der Waals surface area contributed by atoms with Crippen molar-refractivity contribution < 1.29 is 4.79 Å². The Morgan fingerprint density at radius 3 is 2.62 bits per heavy atom. The van der Waals surface area contributed by atoms with Crippen LogP contribution in [0, 0.1) is 6.92 Å². The van der Waals surface area contributed by atoms with Crippen molar-refractivity contribution in [1.29, 1.82) is 0 Å². The first-order chi connectivity index (χ1) is 14.2. The SMILES string of the molecule is Cc1cccc(CN(CC(=O)Nc2cccc(CN3CCSCC3)c2)C2CC2)c1. The first-order valence-electron chi connectivity index (χ1n) is 10.6. The van der Waals surface area contributed by atoms with E-state index in [4.69, 9.17) is 0 Å². The molecule has 4 rings (SSSR count). The molecule has 29 heavy (non-hydrogen) atoms. The molecule has 1 saturated carbocycles. The van der Waals surface area contributed by atoms with Gasteiger partial charge in [0.2, 0.25) is 5.91 Å². The molecule has 0 aromatic heterocycles. The van der Waals surface area contributed by atoms with Crippen LogP contribution in [0.4, 0.5) is 5.69 Å². The smallest absolute Gasteiger partial charge is 0.238 e. The van der Waals surface area contributed by atoms with Gasteiger partial charge in [-0.1, -0.05) is 42.0 Å². The second-order valence-electron chi connectivity index (χ2n) is 8.26. The van der Waals surface area contributed by atoms with E-state index in [2.05, 4.69) is 64.5 Å². The minimum absolute atomic E-state index is 0.0797. The third-order valence-electron chi connectivity index (χ3n) is 5.60. The van der Waals surface area contributed by atoms with Crippen LogP contribution in [0.5, 0.6) is 0 Å². The predicted molar refractivity (Wildman–Crippen MR) is 122 cm³/mol. The molecule has 1 amide bonds. The summed E-state index contributed by atoms with van der Waals surface area (Å²) in [6.07, 6.45) is 2.39. The van der Waals surface area contributed by atoms with Crippen LogP contribution in [-0.2, 0) is 17.9 Å². The fourth-order valence-corrected chi connectivity index (χ4v) is 4.93. The van der Waals surface area contributed by atoms with E-state index in [0.717, 1.165) is 31.9 Å². The summed E-state index contributed by atoms with van der Waals surface area (Å²) in [5, 5.41) is 3.13. The number of benzene rings is 2. The number of anilines is 1. The van der Waals surface area contributed by atoms with Gasteiger partial charge in [-0.15, -0.1) is 0 Å². The number of carbonyl (C=O) groups is 1. The topological polar surface area (TPSA) is 35.6 Å². The average Bonchev–Trinajstić information content (AvgIpc) is 3.54. The first kappa shape index (κ1) is 20.5. The molecule has 1 heterocycles. The first-order valence-corrected chi connectivity index (χ1v) is 11.8. The number of nitrogens with zero attached hydrogens (tertiary/aromatic N) is 2. The molecule has 1 saturated heterocycles. The Kier molecular flexibility index (Phi) is 6.90. The van der Waals surface area contributed by atoms with E-state index < -0.39 is 0 Å². The van der Waals surface area contributed by atoms with E-state index in [0.29, 0.717) is 12.6 Å². The molecular weight excluding hydrogens is 378 g/mol.